The highest BCUT2D eigenvalue weighted by molar-refractivity contribution is 5.86. The molecule has 2 unspecified atom stereocenters. The van der Waals surface area contributed by atoms with Crippen LogP contribution in [0.4, 0.5) is 9.59 Å². The van der Waals surface area contributed by atoms with Crippen molar-refractivity contribution < 1.29 is 28.7 Å². The van der Waals surface area contributed by atoms with Gasteiger partial charge < -0.3 is 39.9 Å². The third-order valence-corrected chi connectivity index (χ3v) is 10.4. The van der Waals surface area contributed by atoms with Gasteiger partial charge in [0.2, 0.25) is 5.91 Å². The Kier molecular flexibility index (Phi) is 11.0. The molecule has 2 aromatic carbocycles. The Balaban J connectivity index is 1.02. The van der Waals surface area contributed by atoms with Gasteiger partial charge in [0.1, 0.15) is 17.7 Å². The number of fused-ring (bicyclic) bond motifs is 1. The first-order valence-corrected chi connectivity index (χ1v) is 18.9. The number of alkyl carbamates (subject to hydrolysis) is 2. The minimum atomic E-state index is -0.884. The van der Waals surface area contributed by atoms with E-state index in [1.807, 2.05) is 56.3 Å². The third kappa shape index (κ3) is 7.76. The fourth-order valence-electron chi connectivity index (χ4n) is 7.43. The van der Waals surface area contributed by atoms with Crippen LogP contribution >= 0.6 is 0 Å². The number of carbonyl (C=O) groups is 4. The smallest absolute Gasteiger partial charge is 0.407 e. The van der Waals surface area contributed by atoms with Gasteiger partial charge >= 0.3 is 12.2 Å². The van der Waals surface area contributed by atoms with Crippen LogP contribution < -0.4 is 10.6 Å². The maximum absolute atomic E-state index is 13.5. The number of ether oxygens (including phenoxy) is 2. The molecule has 5 heterocycles. The van der Waals surface area contributed by atoms with Crippen molar-refractivity contribution in [1.29, 1.82) is 0 Å². The van der Waals surface area contributed by atoms with E-state index in [4.69, 9.17) is 14.7 Å². The Morgan fingerprint density at radius 1 is 0.750 bits per heavy atom. The van der Waals surface area contributed by atoms with Gasteiger partial charge in [-0.2, -0.15) is 0 Å². The monoisotopic (exact) mass is 762 g/mol. The van der Waals surface area contributed by atoms with E-state index < -0.39 is 24.3 Å². The van der Waals surface area contributed by atoms with Crippen LogP contribution in [-0.2, 0) is 19.1 Å². The average Bonchev–Trinajstić information content (AvgIpc) is 4.06. The molecule has 2 fully saturated rings. The molecular weight excluding hydrogens is 717 g/mol. The summed E-state index contributed by atoms with van der Waals surface area (Å²) in [6.45, 7) is 6.50. The summed E-state index contributed by atoms with van der Waals surface area (Å²) in [5.41, 5.74) is 6.54. The number of methoxy groups -OCH3 is 1. The van der Waals surface area contributed by atoms with Gasteiger partial charge in [-0.3, -0.25) is 14.6 Å². The van der Waals surface area contributed by atoms with E-state index in [-0.39, 0.29) is 29.8 Å². The second-order valence-electron chi connectivity index (χ2n) is 14.5. The van der Waals surface area contributed by atoms with Gasteiger partial charge in [-0.15, -0.1) is 0 Å². The normalized spacial score (nSPS) is 17.9. The Bertz CT molecular complexity index is 2230. The minimum absolute atomic E-state index is 0.184. The van der Waals surface area contributed by atoms with Crippen molar-refractivity contribution in [2.75, 3.05) is 27.2 Å². The van der Waals surface area contributed by atoms with Crippen LogP contribution in [0, 0.1) is 5.92 Å². The number of carbonyl (C=O) groups excluding carboxylic acids is 4. The molecule has 292 valence electrons. The Hall–Kier alpha value is -6.32. The Labute approximate surface area is 323 Å². The maximum Gasteiger partial charge on any atom is 0.407 e. The number of imidazole rings is 2. The molecule has 2 aliphatic rings. The lowest BCUT2D eigenvalue weighted by Crippen LogP contribution is -2.46. The predicted octanol–water partition coefficient (Wildman–Crippen LogP) is 5.53. The lowest BCUT2D eigenvalue weighted by Gasteiger charge is -2.29. The van der Waals surface area contributed by atoms with Crippen molar-refractivity contribution in [1.82, 2.24) is 50.3 Å². The van der Waals surface area contributed by atoms with Gasteiger partial charge in [0.25, 0.3) is 5.91 Å². The SMILES string of the molecule is CNC(=O)O[C@H](C(=O)N1CCCC1c1ncc(-c2ccc(-c3cnc4cc(-c5cnc(C6CCCN6C(=O)[C@H](C)NC(=O)OC)[nH]5)ccc4n3)cc2)[nH]1)C(C)C. The quantitative estimate of drug-likeness (QED) is 0.140. The standard InChI is InChI=1S/C40H46N10O6/c1-22(2)34(56-39(53)41-4)38(52)50-17-7-9-33(50)36-43-20-30(47-36)25-12-10-24(11-13-25)29-19-42-28-18-26(14-15-27(28)46-29)31-21-44-35(48-31)32-8-6-16-49(32)37(51)23(3)45-40(54)55-5/h10-15,18-23,32-34H,6-9,16-17H2,1-5H3,(H,41,53)(H,43,47)(H,44,48)(H,45,54)/t23-,32?,33?,34-/m0/s1. The van der Waals surface area contributed by atoms with E-state index in [1.165, 1.54) is 14.2 Å². The first kappa shape index (κ1) is 38.0. The fourth-order valence-corrected chi connectivity index (χ4v) is 7.43. The summed E-state index contributed by atoms with van der Waals surface area (Å²) >= 11 is 0. The molecule has 16 heteroatoms. The first-order valence-electron chi connectivity index (χ1n) is 18.9. The summed E-state index contributed by atoms with van der Waals surface area (Å²) in [5.74, 6) is 0.786. The molecule has 2 aliphatic heterocycles. The summed E-state index contributed by atoms with van der Waals surface area (Å²) in [6.07, 6.45) is 6.30. The van der Waals surface area contributed by atoms with Crippen molar-refractivity contribution in [3.8, 4) is 33.8 Å². The van der Waals surface area contributed by atoms with Crippen LogP contribution in [0.3, 0.4) is 0 Å². The summed E-state index contributed by atoms with van der Waals surface area (Å²) in [4.78, 5) is 79.4. The van der Waals surface area contributed by atoms with Gasteiger partial charge in [-0.1, -0.05) is 44.2 Å². The van der Waals surface area contributed by atoms with E-state index in [0.717, 1.165) is 70.5 Å². The van der Waals surface area contributed by atoms with Gasteiger partial charge in [0, 0.05) is 31.3 Å². The zero-order valence-electron chi connectivity index (χ0n) is 32.0. The lowest BCUT2D eigenvalue weighted by atomic mass is 10.1. The number of likely N-dealkylation sites (tertiary alicyclic amines) is 2. The van der Waals surface area contributed by atoms with Crippen molar-refractivity contribution >= 4 is 35.0 Å². The van der Waals surface area contributed by atoms with E-state index in [0.29, 0.717) is 24.7 Å². The molecule has 4 atom stereocenters. The number of amides is 4. The van der Waals surface area contributed by atoms with E-state index in [2.05, 4.69) is 35.3 Å². The zero-order valence-corrected chi connectivity index (χ0v) is 32.0. The maximum atomic E-state index is 13.5. The molecular formula is C40H46N10O6. The summed E-state index contributed by atoms with van der Waals surface area (Å²) in [5, 5.41) is 4.98. The number of nitrogens with zero attached hydrogens (tertiary/aromatic N) is 6. The van der Waals surface area contributed by atoms with Crippen molar-refractivity contribution in [3.05, 3.63) is 72.7 Å². The molecule has 7 rings (SSSR count). The average molecular weight is 763 g/mol. The molecule has 56 heavy (non-hydrogen) atoms. The van der Waals surface area contributed by atoms with Crippen LogP contribution in [0.2, 0.25) is 0 Å². The second kappa shape index (κ2) is 16.2. The highest BCUT2D eigenvalue weighted by Gasteiger charge is 2.39. The van der Waals surface area contributed by atoms with Crippen LogP contribution in [0.25, 0.3) is 44.8 Å². The van der Waals surface area contributed by atoms with Crippen LogP contribution in [0.15, 0.2) is 61.1 Å². The first-order chi connectivity index (χ1) is 27.0. The predicted molar refractivity (Wildman–Crippen MR) is 207 cm³/mol. The second-order valence-corrected chi connectivity index (χ2v) is 14.5. The number of hydrogen-bond acceptors (Lipinski definition) is 10. The third-order valence-electron chi connectivity index (χ3n) is 10.4. The van der Waals surface area contributed by atoms with E-state index >= 15 is 0 Å². The van der Waals surface area contributed by atoms with Gasteiger partial charge in [0.15, 0.2) is 6.10 Å². The van der Waals surface area contributed by atoms with E-state index in [9.17, 15) is 19.2 Å². The fraction of sp³-hybridized carbons (Fsp3) is 0.400. The molecule has 16 nitrogen and oxygen atoms in total. The Morgan fingerprint density at radius 3 is 1.95 bits per heavy atom. The number of benzene rings is 2. The van der Waals surface area contributed by atoms with Crippen LogP contribution in [-0.4, -0.2) is 103 Å². The molecule has 2 saturated heterocycles. The van der Waals surface area contributed by atoms with Crippen LogP contribution in [0.1, 0.15) is 70.2 Å². The number of aromatic nitrogens is 6. The molecule has 0 saturated carbocycles. The molecule has 3 aromatic heterocycles. The number of rotatable bonds is 10. The molecule has 0 spiro atoms. The van der Waals surface area contributed by atoms with Gasteiger partial charge in [0.05, 0.1) is 65.9 Å². The van der Waals surface area contributed by atoms with Gasteiger partial charge in [-0.05, 0) is 56.2 Å². The molecule has 4 N–H and O–H groups in total. The highest BCUT2D eigenvalue weighted by atomic mass is 16.6. The topological polar surface area (TPSA) is 200 Å². The molecule has 0 bridgehead atoms. The summed E-state index contributed by atoms with van der Waals surface area (Å²) < 4.78 is 10.1. The summed E-state index contributed by atoms with van der Waals surface area (Å²) in [6, 6.07) is 12.6. The molecule has 0 aliphatic carbocycles. The number of nitrogens with one attached hydrogen (secondary N) is 4. The van der Waals surface area contributed by atoms with E-state index in [1.54, 1.807) is 35.3 Å². The molecule has 5 aromatic rings. The number of H-pyrrole nitrogens is 2. The van der Waals surface area contributed by atoms with Gasteiger partial charge in [-0.25, -0.2) is 24.5 Å². The Morgan fingerprint density at radius 2 is 1.34 bits per heavy atom. The minimum Gasteiger partial charge on any atom is -0.453 e. The largest absolute Gasteiger partial charge is 0.453 e. The molecule has 4 amide bonds. The van der Waals surface area contributed by atoms with Crippen molar-refractivity contribution in [2.24, 2.45) is 5.92 Å². The van der Waals surface area contributed by atoms with Crippen molar-refractivity contribution in [2.45, 2.75) is 70.7 Å². The lowest BCUT2D eigenvalue weighted by molar-refractivity contribution is -0.143. The molecule has 0 radical (unpaired) electrons. The number of aromatic amines is 2. The number of hydrogen-bond donors (Lipinski definition) is 4. The highest BCUT2D eigenvalue weighted by Crippen LogP contribution is 2.35. The summed E-state index contributed by atoms with van der Waals surface area (Å²) in [7, 11) is 2.74. The van der Waals surface area contributed by atoms with Crippen molar-refractivity contribution in [3.63, 3.8) is 0 Å². The van der Waals surface area contributed by atoms with Crippen LogP contribution in [0.5, 0.6) is 0 Å². The zero-order chi connectivity index (χ0) is 39.5.